The van der Waals surface area contributed by atoms with Crippen LogP contribution in [0.25, 0.3) is 0 Å². The standard InChI is InChI=1S/C21H19NO3/c1-14-4-6-17(7-5-14)24-18-8-10-19(11-9-18)25-21-12-15(2)22-13-20(21)16(3)23/h4-13H,1-3H3. The van der Waals surface area contributed by atoms with Crippen LogP contribution in [0.5, 0.6) is 23.0 Å². The topological polar surface area (TPSA) is 48.4 Å². The summed E-state index contributed by atoms with van der Waals surface area (Å²) < 4.78 is 11.7. The number of hydrogen-bond acceptors (Lipinski definition) is 4. The molecule has 0 aliphatic carbocycles. The van der Waals surface area contributed by atoms with Gasteiger partial charge < -0.3 is 9.47 Å². The fourth-order valence-electron chi connectivity index (χ4n) is 2.33. The molecule has 0 aliphatic rings. The van der Waals surface area contributed by atoms with Crippen molar-refractivity contribution >= 4 is 5.78 Å². The third kappa shape index (κ3) is 4.23. The number of Topliss-reactive ketones (excluding diaryl/α,β-unsaturated/α-hetero) is 1. The second-order valence-corrected chi connectivity index (χ2v) is 5.87. The fourth-order valence-corrected chi connectivity index (χ4v) is 2.33. The maximum atomic E-state index is 11.7. The predicted molar refractivity (Wildman–Crippen MR) is 96.7 cm³/mol. The van der Waals surface area contributed by atoms with E-state index >= 15 is 0 Å². The lowest BCUT2D eigenvalue weighted by atomic mass is 10.1. The van der Waals surface area contributed by atoms with E-state index in [2.05, 4.69) is 4.98 Å². The van der Waals surface area contributed by atoms with Gasteiger partial charge in [0.15, 0.2) is 5.78 Å². The van der Waals surface area contributed by atoms with Crippen molar-refractivity contribution in [2.45, 2.75) is 20.8 Å². The van der Waals surface area contributed by atoms with Crippen molar-refractivity contribution in [3.8, 4) is 23.0 Å². The largest absolute Gasteiger partial charge is 0.457 e. The van der Waals surface area contributed by atoms with E-state index in [9.17, 15) is 4.79 Å². The van der Waals surface area contributed by atoms with Gasteiger partial charge in [-0.25, -0.2) is 0 Å². The Morgan fingerprint density at radius 2 is 1.36 bits per heavy atom. The number of benzene rings is 2. The van der Waals surface area contributed by atoms with Gasteiger partial charge in [-0.05, 0) is 57.2 Å². The van der Waals surface area contributed by atoms with Gasteiger partial charge in [-0.3, -0.25) is 9.78 Å². The lowest BCUT2D eigenvalue weighted by Gasteiger charge is -2.11. The Hall–Kier alpha value is -3.14. The maximum absolute atomic E-state index is 11.7. The number of ketones is 1. The predicted octanol–water partition coefficient (Wildman–Crippen LogP) is 5.49. The second-order valence-electron chi connectivity index (χ2n) is 5.87. The minimum absolute atomic E-state index is 0.0816. The summed E-state index contributed by atoms with van der Waals surface area (Å²) in [7, 11) is 0. The summed E-state index contributed by atoms with van der Waals surface area (Å²) in [6.07, 6.45) is 1.54. The van der Waals surface area contributed by atoms with Crippen LogP contribution in [0.4, 0.5) is 0 Å². The van der Waals surface area contributed by atoms with Gasteiger partial charge in [0, 0.05) is 18.0 Å². The van der Waals surface area contributed by atoms with Crippen LogP contribution >= 0.6 is 0 Å². The van der Waals surface area contributed by atoms with Crippen LogP contribution in [0.15, 0.2) is 60.8 Å². The van der Waals surface area contributed by atoms with Crippen molar-refractivity contribution < 1.29 is 14.3 Å². The molecule has 1 aromatic heterocycles. The quantitative estimate of drug-likeness (QED) is 0.580. The zero-order valence-electron chi connectivity index (χ0n) is 14.4. The Balaban J connectivity index is 1.76. The molecule has 25 heavy (non-hydrogen) atoms. The number of aryl methyl sites for hydroxylation is 2. The normalized spacial score (nSPS) is 10.4. The summed E-state index contributed by atoms with van der Waals surface area (Å²) in [6, 6.07) is 16.9. The molecule has 4 heteroatoms. The molecule has 3 aromatic rings. The molecular weight excluding hydrogens is 314 g/mol. The van der Waals surface area contributed by atoms with Crippen molar-refractivity contribution in [3.05, 3.63) is 77.6 Å². The molecule has 0 unspecified atom stereocenters. The second kappa shape index (κ2) is 7.18. The maximum Gasteiger partial charge on any atom is 0.165 e. The molecule has 4 nitrogen and oxygen atoms in total. The highest BCUT2D eigenvalue weighted by molar-refractivity contribution is 5.96. The Morgan fingerprint density at radius 1 is 0.840 bits per heavy atom. The summed E-state index contributed by atoms with van der Waals surface area (Å²) in [5.41, 5.74) is 2.44. The first-order chi connectivity index (χ1) is 12.0. The highest BCUT2D eigenvalue weighted by atomic mass is 16.5. The number of pyridine rings is 1. The van der Waals surface area contributed by atoms with Crippen LogP contribution in [0.3, 0.4) is 0 Å². The van der Waals surface area contributed by atoms with Gasteiger partial charge in [-0.2, -0.15) is 0 Å². The molecule has 0 atom stereocenters. The highest BCUT2D eigenvalue weighted by Gasteiger charge is 2.11. The number of rotatable bonds is 5. The van der Waals surface area contributed by atoms with Gasteiger partial charge in [-0.15, -0.1) is 0 Å². The van der Waals surface area contributed by atoms with Gasteiger partial charge >= 0.3 is 0 Å². The fraction of sp³-hybridized carbons (Fsp3) is 0.143. The zero-order chi connectivity index (χ0) is 17.8. The van der Waals surface area contributed by atoms with E-state index in [0.29, 0.717) is 22.8 Å². The monoisotopic (exact) mass is 333 g/mol. The van der Waals surface area contributed by atoms with Gasteiger partial charge in [-0.1, -0.05) is 17.7 Å². The van der Waals surface area contributed by atoms with Crippen molar-refractivity contribution in [1.82, 2.24) is 4.98 Å². The molecule has 0 aliphatic heterocycles. The van der Waals surface area contributed by atoms with Gasteiger partial charge in [0.2, 0.25) is 0 Å². The van der Waals surface area contributed by atoms with E-state index in [0.717, 1.165) is 11.4 Å². The average molecular weight is 333 g/mol. The third-order valence-electron chi connectivity index (χ3n) is 3.69. The lowest BCUT2D eigenvalue weighted by Crippen LogP contribution is -1.99. The van der Waals surface area contributed by atoms with Crippen molar-refractivity contribution in [2.24, 2.45) is 0 Å². The molecule has 0 saturated carbocycles. The lowest BCUT2D eigenvalue weighted by molar-refractivity contribution is 0.101. The van der Waals surface area contributed by atoms with Gasteiger partial charge in [0.1, 0.15) is 23.0 Å². The van der Waals surface area contributed by atoms with Gasteiger partial charge in [0.05, 0.1) is 5.56 Å². The minimum atomic E-state index is -0.0816. The smallest absolute Gasteiger partial charge is 0.165 e. The Kier molecular flexibility index (Phi) is 4.80. The number of ether oxygens (including phenoxy) is 2. The van der Waals surface area contributed by atoms with E-state index in [-0.39, 0.29) is 5.78 Å². The molecule has 126 valence electrons. The van der Waals surface area contributed by atoms with Crippen molar-refractivity contribution in [3.63, 3.8) is 0 Å². The third-order valence-corrected chi connectivity index (χ3v) is 3.69. The van der Waals surface area contributed by atoms with E-state index in [1.807, 2.05) is 62.4 Å². The van der Waals surface area contributed by atoms with Crippen LogP contribution in [0.2, 0.25) is 0 Å². The Bertz CT molecular complexity index is 884. The summed E-state index contributed by atoms with van der Waals surface area (Å²) in [5, 5.41) is 0. The molecule has 1 heterocycles. The van der Waals surface area contributed by atoms with E-state index in [1.165, 1.54) is 12.5 Å². The first-order valence-electron chi connectivity index (χ1n) is 8.01. The number of carbonyl (C=O) groups excluding carboxylic acids is 1. The molecule has 0 saturated heterocycles. The molecule has 2 aromatic carbocycles. The van der Waals surface area contributed by atoms with Crippen LogP contribution in [-0.2, 0) is 0 Å². The highest BCUT2D eigenvalue weighted by Crippen LogP contribution is 2.29. The van der Waals surface area contributed by atoms with Crippen LogP contribution in [0.1, 0.15) is 28.5 Å². The first-order valence-corrected chi connectivity index (χ1v) is 8.01. The van der Waals surface area contributed by atoms with E-state index in [1.54, 1.807) is 12.3 Å². The minimum Gasteiger partial charge on any atom is -0.457 e. The number of aromatic nitrogens is 1. The summed E-state index contributed by atoms with van der Waals surface area (Å²) in [6.45, 7) is 5.39. The summed E-state index contributed by atoms with van der Waals surface area (Å²) in [4.78, 5) is 15.9. The average Bonchev–Trinajstić information content (AvgIpc) is 2.58. The molecule has 0 amide bonds. The number of nitrogens with zero attached hydrogens (tertiary/aromatic N) is 1. The Labute approximate surface area is 147 Å². The summed E-state index contributed by atoms with van der Waals surface area (Å²) in [5.74, 6) is 2.55. The van der Waals surface area contributed by atoms with Crippen LogP contribution in [-0.4, -0.2) is 10.8 Å². The Morgan fingerprint density at radius 3 is 1.92 bits per heavy atom. The molecule has 0 fully saturated rings. The van der Waals surface area contributed by atoms with Crippen LogP contribution < -0.4 is 9.47 Å². The first kappa shape index (κ1) is 16.7. The molecular formula is C21H19NO3. The van der Waals surface area contributed by atoms with Crippen molar-refractivity contribution in [1.29, 1.82) is 0 Å². The summed E-state index contributed by atoms with van der Waals surface area (Å²) >= 11 is 0. The van der Waals surface area contributed by atoms with E-state index < -0.39 is 0 Å². The van der Waals surface area contributed by atoms with Crippen LogP contribution in [0, 0.1) is 13.8 Å². The zero-order valence-corrected chi connectivity index (χ0v) is 14.4. The van der Waals surface area contributed by atoms with Crippen molar-refractivity contribution in [2.75, 3.05) is 0 Å². The van der Waals surface area contributed by atoms with E-state index in [4.69, 9.17) is 9.47 Å². The number of carbonyl (C=O) groups is 1. The van der Waals surface area contributed by atoms with Gasteiger partial charge in [0.25, 0.3) is 0 Å². The molecule has 0 bridgehead atoms. The SMILES string of the molecule is CC(=O)c1cnc(C)cc1Oc1ccc(Oc2ccc(C)cc2)cc1. The molecule has 3 rings (SSSR count). The molecule has 0 radical (unpaired) electrons. The molecule has 0 N–H and O–H groups in total. The molecule has 0 spiro atoms. The number of hydrogen-bond donors (Lipinski definition) is 0.